The second-order valence-corrected chi connectivity index (χ2v) is 15.8. The van der Waals surface area contributed by atoms with Crippen LogP contribution in [-0.2, 0) is 32.0 Å². The second kappa shape index (κ2) is 22.6. The number of imidazole rings is 2. The number of amides is 3. The van der Waals surface area contributed by atoms with Crippen LogP contribution in [0.25, 0.3) is 33.8 Å². The number of nitrogens with zero attached hydrogens (tertiary/aromatic N) is 6. The molecule has 3 amide bonds. The van der Waals surface area contributed by atoms with Gasteiger partial charge in [0.05, 0.1) is 35.6 Å². The normalized spacial score (nSPS) is 11.4. The highest BCUT2D eigenvalue weighted by Gasteiger charge is 2.29. The zero-order valence-electron chi connectivity index (χ0n) is 38.1. The van der Waals surface area contributed by atoms with Gasteiger partial charge in [0.25, 0.3) is 11.5 Å². The van der Waals surface area contributed by atoms with E-state index in [0.29, 0.717) is 12.8 Å². The Bertz CT molecular complexity index is 2860. The van der Waals surface area contributed by atoms with Crippen LogP contribution in [0.5, 0.6) is 0 Å². The van der Waals surface area contributed by atoms with Crippen molar-refractivity contribution in [2.24, 2.45) is 5.73 Å². The number of likely N-dealkylation sites (N-methyl/N-ethyl adjacent to an activating group) is 2. The monoisotopic (exact) mass is 919 g/mol. The highest BCUT2D eigenvalue weighted by atomic mass is 16.4. The van der Waals surface area contributed by atoms with Gasteiger partial charge in [0, 0.05) is 57.9 Å². The standard InChI is InChI=1S/2C19H21N3O.C5H5N3O3.C4H6O6/c2*1-13-5-8-15(9-6-13)19-16(11-18(23)21(3)4)22-12-14(2)7-10-17(22)20-19;6-3(9)2-1-7-5(11)8-4(2)10;5-1(3(7)8)2(6)4(9)10/h2*5-10,12H,11H2,1-4H3;1H,(H2,6,9)(H2,7,8,10,11);1-2,5-6H,(H,7,8)(H,9,10). The van der Waals surface area contributed by atoms with Crippen LogP contribution in [0.1, 0.15) is 44.0 Å². The van der Waals surface area contributed by atoms with Crippen LogP contribution >= 0.6 is 0 Å². The van der Waals surface area contributed by atoms with Gasteiger partial charge in [-0.15, -0.1) is 0 Å². The number of pyridine rings is 2. The number of aliphatic hydroxyl groups is 2. The average molecular weight is 920 g/mol. The van der Waals surface area contributed by atoms with Crippen molar-refractivity contribution >= 4 is 41.0 Å². The number of hydrogen-bond acceptors (Lipinski definition) is 11. The van der Waals surface area contributed by atoms with Gasteiger partial charge in [-0.2, -0.15) is 0 Å². The minimum Gasteiger partial charge on any atom is -0.479 e. The molecular formula is C47H53N9O11. The van der Waals surface area contributed by atoms with Crippen molar-refractivity contribution in [2.75, 3.05) is 28.2 Å². The Morgan fingerprint density at radius 1 is 0.612 bits per heavy atom. The molecule has 20 nitrogen and oxygen atoms in total. The van der Waals surface area contributed by atoms with Crippen molar-refractivity contribution in [1.29, 1.82) is 0 Å². The predicted octanol–water partition coefficient (Wildman–Crippen LogP) is 2.54. The molecule has 5 aromatic heterocycles. The number of rotatable bonds is 10. The van der Waals surface area contributed by atoms with Crippen LogP contribution in [-0.4, -0.2) is 129 Å². The lowest BCUT2D eigenvalue weighted by Crippen LogP contribution is -2.39. The molecular weight excluding hydrogens is 867 g/mol. The average Bonchev–Trinajstić information content (AvgIpc) is 3.80. The topological polar surface area (TPSA) is 299 Å². The van der Waals surface area contributed by atoms with Gasteiger partial charge in [0.15, 0.2) is 12.2 Å². The molecule has 2 aromatic carbocycles. The van der Waals surface area contributed by atoms with Crippen LogP contribution in [0, 0.1) is 27.7 Å². The fraction of sp³-hybridized carbons (Fsp3) is 0.255. The number of H-pyrrole nitrogens is 2. The summed E-state index contributed by atoms with van der Waals surface area (Å²) in [5.74, 6) is -4.27. The molecule has 8 N–H and O–H groups in total. The Morgan fingerprint density at radius 2 is 0.970 bits per heavy atom. The number of primary amides is 1. The first-order chi connectivity index (χ1) is 31.5. The smallest absolute Gasteiger partial charge is 0.335 e. The Morgan fingerprint density at radius 3 is 1.28 bits per heavy atom. The molecule has 67 heavy (non-hydrogen) atoms. The van der Waals surface area contributed by atoms with Gasteiger partial charge in [-0.25, -0.2) is 24.4 Å². The molecule has 0 fully saturated rings. The fourth-order valence-corrected chi connectivity index (χ4v) is 6.09. The number of fused-ring (bicyclic) bond motifs is 2. The molecule has 7 rings (SSSR count). The van der Waals surface area contributed by atoms with E-state index >= 15 is 0 Å². The highest BCUT2D eigenvalue weighted by molar-refractivity contribution is 5.92. The summed E-state index contributed by atoms with van der Waals surface area (Å²) in [6.07, 6.45) is 1.19. The number of nitrogens with two attached hydrogens (primary N) is 1. The third-order valence-electron chi connectivity index (χ3n) is 9.91. The number of aliphatic carboxylic acids is 2. The van der Waals surface area contributed by atoms with Crippen LogP contribution in [0.3, 0.4) is 0 Å². The van der Waals surface area contributed by atoms with Crippen molar-refractivity contribution in [3.05, 3.63) is 151 Å². The maximum atomic E-state index is 12.3. The van der Waals surface area contributed by atoms with Crippen molar-refractivity contribution < 1.29 is 44.4 Å². The molecule has 0 radical (unpaired) electrons. The fourth-order valence-electron chi connectivity index (χ4n) is 6.09. The largest absolute Gasteiger partial charge is 0.479 e. The molecule has 2 unspecified atom stereocenters. The number of hydrogen-bond donors (Lipinski definition) is 7. The number of aromatic nitrogens is 6. The minimum absolute atomic E-state index is 0.0710. The van der Waals surface area contributed by atoms with Gasteiger partial charge in [-0.3, -0.25) is 24.2 Å². The molecule has 5 heterocycles. The molecule has 20 heteroatoms. The van der Waals surface area contributed by atoms with Crippen molar-refractivity contribution in [1.82, 2.24) is 38.5 Å². The lowest BCUT2D eigenvalue weighted by molar-refractivity contribution is -0.165. The number of aliphatic hydroxyl groups excluding tert-OH is 2. The predicted molar refractivity (Wildman–Crippen MR) is 248 cm³/mol. The Hall–Kier alpha value is -8.23. The van der Waals surface area contributed by atoms with E-state index in [1.165, 1.54) is 11.1 Å². The number of aromatic amines is 2. The van der Waals surface area contributed by atoms with Crippen molar-refractivity contribution in [3.63, 3.8) is 0 Å². The number of carboxylic acid groups (broad SMARTS) is 2. The highest BCUT2D eigenvalue weighted by Crippen LogP contribution is 2.27. The zero-order valence-corrected chi connectivity index (χ0v) is 38.1. The van der Waals surface area contributed by atoms with E-state index in [1.807, 2.05) is 64.3 Å². The second-order valence-electron chi connectivity index (χ2n) is 15.8. The number of aryl methyl sites for hydroxylation is 4. The summed E-state index contributed by atoms with van der Waals surface area (Å²) in [5.41, 5.74) is 15.2. The Kier molecular flexibility index (Phi) is 17.3. The van der Waals surface area contributed by atoms with Gasteiger partial charge in [-0.05, 0) is 51.0 Å². The molecule has 0 bridgehead atoms. The van der Waals surface area contributed by atoms with Crippen LogP contribution in [0.15, 0.2) is 101 Å². The summed E-state index contributed by atoms with van der Waals surface area (Å²) in [7, 11) is 7.12. The Labute approximate surface area is 383 Å². The summed E-state index contributed by atoms with van der Waals surface area (Å²) in [4.78, 5) is 92.3. The van der Waals surface area contributed by atoms with E-state index in [4.69, 9.17) is 36.1 Å². The molecule has 0 aliphatic rings. The van der Waals surface area contributed by atoms with Gasteiger partial charge in [0.1, 0.15) is 16.9 Å². The number of nitrogens with one attached hydrogen (secondary N) is 2. The van der Waals surface area contributed by atoms with Gasteiger partial charge >= 0.3 is 17.6 Å². The molecule has 0 saturated carbocycles. The number of carbonyl (C=O) groups excluding carboxylic acids is 3. The van der Waals surface area contributed by atoms with E-state index in [1.54, 1.807) is 38.0 Å². The third-order valence-corrected chi connectivity index (χ3v) is 9.91. The van der Waals surface area contributed by atoms with E-state index in [2.05, 4.69) is 67.4 Å². The quantitative estimate of drug-likeness (QED) is 0.104. The van der Waals surface area contributed by atoms with Crippen LogP contribution < -0.4 is 17.0 Å². The third kappa shape index (κ3) is 13.6. The molecule has 2 atom stereocenters. The molecule has 352 valence electrons. The molecule has 0 spiro atoms. The number of benzene rings is 2. The minimum atomic E-state index is -2.27. The maximum Gasteiger partial charge on any atom is 0.335 e. The van der Waals surface area contributed by atoms with Crippen LogP contribution in [0.4, 0.5) is 0 Å². The molecule has 0 aliphatic heterocycles. The lowest BCUT2D eigenvalue weighted by Gasteiger charge is -2.11. The maximum absolute atomic E-state index is 12.3. The lowest BCUT2D eigenvalue weighted by atomic mass is 10.1. The first-order valence-electron chi connectivity index (χ1n) is 20.4. The zero-order chi connectivity index (χ0) is 49.9. The summed E-state index contributed by atoms with van der Waals surface area (Å²) in [6.45, 7) is 8.21. The molecule has 0 aliphatic carbocycles. The summed E-state index contributed by atoms with van der Waals surface area (Å²) >= 11 is 0. The summed E-state index contributed by atoms with van der Waals surface area (Å²) in [5, 5.41) is 32.5. The Balaban J connectivity index is 0.000000209. The number of carboxylic acids is 2. The van der Waals surface area contributed by atoms with E-state index in [9.17, 15) is 33.6 Å². The number of carbonyl (C=O) groups is 5. The van der Waals surface area contributed by atoms with Crippen molar-refractivity contribution in [2.45, 2.75) is 52.7 Å². The SMILES string of the molecule is Cc1ccc(-c2nc3ccc(C)cn3c2CC(=O)N(C)C)cc1.Cc1ccc(-c2nc3ccc(C)cn3c2CC(=O)N(C)C)cc1.NC(=O)c1c[nH]c(=O)[nH]c1=O.O=C(O)C(O)C(O)C(=O)O. The van der Waals surface area contributed by atoms with E-state index in [0.717, 1.165) is 62.5 Å². The molecule has 0 saturated heterocycles. The molecule has 7 aromatic rings. The van der Waals surface area contributed by atoms with E-state index < -0.39 is 41.3 Å². The van der Waals surface area contributed by atoms with Crippen LogP contribution in [0.2, 0.25) is 0 Å². The summed E-state index contributed by atoms with van der Waals surface area (Å²) in [6, 6.07) is 24.6. The van der Waals surface area contributed by atoms with Gasteiger partial charge in [0.2, 0.25) is 11.8 Å². The summed E-state index contributed by atoms with van der Waals surface area (Å²) < 4.78 is 4.07. The first-order valence-corrected chi connectivity index (χ1v) is 20.4. The van der Waals surface area contributed by atoms with E-state index in [-0.39, 0.29) is 17.4 Å². The van der Waals surface area contributed by atoms with Gasteiger partial charge < -0.3 is 49.7 Å². The first kappa shape index (κ1) is 51.4. The van der Waals surface area contributed by atoms with Gasteiger partial charge in [-0.1, -0.05) is 71.8 Å². The van der Waals surface area contributed by atoms with Crippen molar-refractivity contribution in [3.8, 4) is 22.5 Å².